The number of ether oxygens (including phenoxy) is 1. The first-order chi connectivity index (χ1) is 18.8. The lowest BCUT2D eigenvalue weighted by atomic mass is 10.2. The Hall–Kier alpha value is -3.44. The van der Waals surface area contributed by atoms with E-state index >= 15 is 0 Å². The number of methoxy groups -OCH3 is 1. The van der Waals surface area contributed by atoms with E-state index in [4.69, 9.17) is 4.74 Å². The molecule has 0 bridgehead atoms. The molecule has 10 nitrogen and oxygen atoms in total. The van der Waals surface area contributed by atoms with Gasteiger partial charge in [-0.3, -0.25) is 4.99 Å². The smallest absolute Gasteiger partial charge is 0.182 e. The van der Waals surface area contributed by atoms with Crippen molar-refractivity contribution in [1.29, 1.82) is 0 Å². The number of allylic oxidation sites excluding steroid dienone is 3. The van der Waals surface area contributed by atoms with Crippen molar-refractivity contribution in [3.63, 3.8) is 0 Å². The van der Waals surface area contributed by atoms with Crippen LogP contribution in [-0.4, -0.2) is 81.6 Å². The predicted octanol–water partition coefficient (Wildman–Crippen LogP) is 3.75. The second-order valence-electron chi connectivity index (χ2n) is 9.05. The number of benzene rings is 1. The Bertz CT molecular complexity index is 1200. The van der Waals surface area contributed by atoms with Gasteiger partial charge in [0.2, 0.25) is 0 Å². The van der Waals surface area contributed by atoms with E-state index in [1.165, 1.54) is 6.34 Å². The van der Waals surface area contributed by atoms with E-state index in [0.29, 0.717) is 23.6 Å². The molecule has 1 heterocycles. The molecule has 1 aromatic rings. The minimum absolute atomic E-state index is 0.152. The quantitative estimate of drug-likeness (QED) is 0.234. The standard InChI is InChI=1S/C28H42N6O4S/c1-6-15-34(16-10-17-35)24(7-2)14-13-23(20-38-5)32-27-18-29-19-28(31-21-30-27)33-25-11-8-9-12-26(25)39(36,37)22(3)4/h7-9,11-14,18,20-22,27,32,35H,6,10,15-17,19H2,1-5H3,(H,30,31,33)/b14-13-,23-20-,24-7+,29-18?. The maximum atomic E-state index is 12.8. The zero-order valence-electron chi connectivity index (χ0n) is 23.5. The van der Waals surface area contributed by atoms with Crippen LogP contribution in [0.5, 0.6) is 0 Å². The van der Waals surface area contributed by atoms with Crippen LogP contribution >= 0.6 is 0 Å². The monoisotopic (exact) mass is 558 g/mol. The van der Waals surface area contributed by atoms with Crippen LogP contribution in [0.4, 0.5) is 5.69 Å². The number of hydrogen-bond acceptors (Lipinski definition) is 10. The van der Waals surface area contributed by atoms with Gasteiger partial charge in [-0.25, -0.2) is 18.4 Å². The molecule has 214 valence electrons. The molecule has 1 aliphatic heterocycles. The Labute approximate surface area is 232 Å². The SMILES string of the molecule is C\C=C(/C=C\C(=C\OC)NC1C=NCC(Nc2ccccc2S(=O)(=O)C(C)C)=N/C=N\1)N(CCC)CCCO. The highest BCUT2D eigenvalue weighted by Crippen LogP contribution is 2.25. The number of rotatable bonds is 14. The van der Waals surface area contributed by atoms with Gasteiger partial charge in [0.25, 0.3) is 0 Å². The fourth-order valence-corrected chi connectivity index (χ4v) is 4.95. The molecule has 0 spiro atoms. The van der Waals surface area contributed by atoms with E-state index in [-0.39, 0.29) is 18.0 Å². The van der Waals surface area contributed by atoms with E-state index in [2.05, 4.69) is 37.4 Å². The van der Waals surface area contributed by atoms with Gasteiger partial charge in [-0.15, -0.1) is 0 Å². The topological polar surface area (TPSA) is 128 Å². The molecule has 0 aromatic heterocycles. The summed E-state index contributed by atoms with van der Waals surface area (Å²) in [5.41, 5.74) is 2.19. The summed E-state index contributed by atoms with van der Waals surface area (Å²) in [6.07, 6.45) is 11.8. The van der Waals surface area contributed by atoms with E-state index in [0.717, 1.165) is 25.2 Å². The molecule has 0 saturated heterocycles. The van der Waals surface area contributed by atoms with Gasteiger partial charge in [0.15, 0.2) is 16.0 Å². The highest BCUT2D eigenvalue weighted by molar-refractivity contribution is 7.92. The Morgan fingerprint density at radius 2 is 2.03 bits per heavy atom. The van der Waals surface area contributed by atoms with Gasteiger partial charge in [0.05, 0.1) is 35.2 Å². The lowest BCUT2D eigenvalue weighted by Gasteiger charge is -2.25. The molecule has 1 unspecified atom stereocenters. The van der Waals surface area contributed by atoms with Gasteiger partial charge in [0, 0.05) is 31.6 Å². The molecule has 39 heavy (non-hydrogen) atoms. The summed E-state index contributed by atoms with van der Waals surface area (Å²) in [5.74, 6) is 0.476. The normalized spacial score (nSPS) is 17.5. The van der Waals surface area contributed by atoms with Crippen molar-refractivity contribution in [1.82, 2.24) is 10.2 Å². The van der Waals surface area contributed by atoms with E-state index in [9.17, 15) is 13.5 Å². The molecule has 1 atom stereocenters. The number of aliphatic hydroxyl groups is 1. The fraction of sp³-hybridized carbons (Fsp3) is 0.464. The van der Waals surface area contributed by atoms with Crippen LogP contribution in [0.15, 0.2) is 80.0 Å². The third-order valence-electron chi connectivity index (χ3n) is 5.76. The molecule has 11 heteroatoms. The molecular formula is C28H42N6O4S. The minimum atomic E-state index is -3.47. The van der Waals surface area contributed by atoms with Crippen LogP contribution in [-0.2, 0) is 14.6 Å². The third-order valence-corrected chi connectivity index (χ3v) is 7.97. The van der Waals surface area contributed by atoms with Crippen LogP contribution < -0.4 is 10.6 Å². The number of para-hydroxylation sites is 1. The summed E-state index contributed by atoms with van der Waals surface area (Å²) in [6.45, 7) is 9.46. The van der Waals surface area contributed by atoms with Crippen molar-refractivity contribution in [2.24, 2.45) is 15.0 Å². The number of amidine groups is 1. The zero-order valence-corrected chi connectivity index (χ0v) is 24.4. The molecule has 0 fully saturated rings. The fourth-order valence-electron chi connectivity index (χ4n) is 3.75. The second-order valence-corrected chi connectivity index (χ2v) is 11.5. The van der Waals surface area contributed by atoms with Crippen molar-refractivity contribution in [3.8, 4) is 0 Å². The highest BCUT2D eigenvalue weighted by atomic mass is 32.2. The van der Waals surface area contributed by atoms with Gasteiger partial charge in [-0.05, 0) is 57.9 Å². The van der Waals surface area contributed by atoms with Crippen LogP contribution in [0.1, 0.15) is 40.5 Å². The summed E-state index contributed by atoms with van der Waals surface area (Å²) in [4.78, 5) is 15.7. The Kier molecular flexibility index (Phi) is 13.4. The molecule has 0 radical (unpaired) electrons. The number of nitrogens with zero attached hydrogens (tertiary/aromatic N) is 4. The largest absolute Gasteiger partial charge is 0.502 e. The average molecular weight is 559 g/mol. The molecule has 3 N–H and O–H groups in total. The van der Waals surface area contributed by atoms with Gasteiger partial charge < -0.3 is 25.4 Å². The first-order valence-corrected chi connectivity index (χ1v) is 14.7. The Balaban J connectivity index is 2.15. The van der Waals surface area contributed by atoms with Crippen LogP contribution in [0.25, 0.3) is 0 Å². The molecule has 1 aliphatic rings. The molecule has 0 saturated carbocycles. The van der Waals surface area contributed by atoms with Gasteiger partial charge in [0.1, 0.15) is 18.4 Å². The van der Waals surface area contributed by atoms with E-state index in [1.807, 2.05) is 25.2 Å². The van der Waals surface area contributed by atoms with E-state index in [1.54, 1.807) is 57.7 Å². The minimum Gasteiger partial charge on any atom is -0.502 e. The van der Waals surface area contributed by atoms with Crippen molar-refractivity contribution in [2.75, 3.05) is 38.7 Å². The van der Waals surface area contributed by atoms with Crippen molar-refractivity contribution in [2.45, 2.75) is 56.8 Å². The predicted molar refractivity (Wildman–Crippen MR) is 160 cm³/mol. The Morgan fingerprint density at radius 3 is 2.69 bits per heavy atom. The maximum absolute atomic E-state index is 12.8. The summed E-state index contributed by atoms with van der Waals surface area (Å²) >= 11 is 0. The summed E-state index contributed by atoms with van der Waals surface area (Å²) in [6, 6.07) is 6.77. The first-order valence-electron chi connectivity index (χ1n) is 13.1. The number of sulfone groups is 1. The summed E-state index contributed by atoms with van der Waals surface area (Å²) in [7, 11) is -1.90. The summed E-state index contributed by atoms with van der Waals surface area (Å²) in [5, 5.41) is 15.1. The van der Waals surface area contributed by atoms with Crippen molar-refractivity contribution in [3.05, 3.63) is 60.1 Å². The van der Waals surface area contributed by atoms with Gasteiger partial charge in [-0.2, -0.15) is 0 Å². The number of aliphatic hydroxyl groups excluding tert-OH is 1. The number of aliphatic imine (C=N–C) groups is 3. The number of hydrogen-bond donors (Lipinski definition) is 3. The first kappa shape index (κ1) is 31.8. The molecule has 1 aromatic carbocycles. The average Bonchev–Trinajstić information content (AvgIpc) is 2.90. The zero-order chi connectivity index (χ0) is 28.7. The van der Waals surface area contributed by atoms with Crippen molar-refractivity contribution >= 4 is 33.9 Å². The Morgan fingerprint density at radius 1 is 1.26 bits per heavy atom. The lowest BCUT2D eigenvalue weighted by Crippen LogP contribution is -2.30. The van der Waals surface area contributed by atoms with Crippen LogP contribution in [0.3, 0.4) is 0 Å². The van der Waals surface area contributed by atoms with Gasteiger partial charge in [-0.1, -0.05) is 25.1 Å². The molecule has 0 amide bonds. The number of anilines is 1. The molecule has 0 aliphatic carbocycles. The maximum Gasteiger partial charge on any atom is 0.182 e. The molecule has 2 rings (SSSR count). The lowest BCUT2D eigenvalue weighted by molar-refractivity contribution is 0.253. The summed E-state index contributed by atoms with van der Waals surface area (Å²) < 4.78 is 30.8. The van der Waals surface area contributed by atoms with Crippen LogP contribution in [0.2, 0.25) is 0 Å². The van der Waals surface area contributed by atoms with Crippen molar-refractivity contribution < 1.29 is 18.3 Å². The van der Waals surface area contributed by atoms with E-state index < -0.39 is 21.3 Å². The van der Waals surface area contributed by atoms with Crippen LogP contribution in [0, 0.1) is 0 Å². The second kappa shape index (κ2) is 16.5. The highest BCUT2D eigenvalue weighted by Gasteiger charge is 2.23. The third kappa shape index (κ3) is 9.99. The number of nitrogens with one attached hydrogen (secondary N) is 2. The molecular weight excluding hydrogens is 516 g/mol. The van der Waals surface area contributed by atoms with Gasteiger partial charge >= 0.3 is 0 Å².